The lowest BCUT2D eigenvalue weighted by molar-refractivity contribution is -0.00000586. The molecular weight excluding hydrogens is 449 g/mol. The highest BCUT2D eigenvalue weighted by atomic mass is 79.9. The smallest absolute Gasteiger partial charge is 0.116 e. The fraction of sp³-hybridized carbons (Fsp3) is 0.148. The fourth-order valence-corrected chi connectivity index (χ4v) is 8.29. The van der Waals surface area contributed by atoms with Gasteiger partial charge in [-0.1, -0.05) is 67.9 Å². The van der Waals surface area contributed by atoms with E-state index in [-0.39, 0.29) is 17.0 Å². The molecule has 152 valence electrons. The van der Waals surface area contributed by atoms with Crippen LogP contribution in [0.5, 0.6) is 0 Å². The number of pyridine rings is 1. The lowest BCUT2D eigenvalue weighted by Gasteiger charge is -2.28. The number of hydrogen-bond acceptors (Lipinski definition) is 1. The first kappa shape index (κ1) is 22.4. The molecule has 0 saturated heterocycles. The molecule has 0 N–H and O–H groups in total. The van der Waals surface area contributed by atoms with E-state index in [2.05, 4.69) is 115 Å². The van der Waals surface area contributed by atoms with Gasteiger partial charge >= 0.3 is 0 Å². The van der Waals surface area contributed by atoms with Crippen molar-refractivity contribution in [3.8, 4) is 0 Å². The molecule has 4 rings (SSSR count). The molecule has 0 fully saturated rings. The normalized spacial score (nSPS) is 11.0. The van der Waals surface area contributed by atoms with Gasteiger partial charge in [0.2, 0.25) is 0 Å². The molecule has 0 aliphatic rings. The molecule has 1 aromatic heterocycles. The molecule has 0 spiro atoms. The van der Waals surface area contributed by atoms with E-state index >= 15 is 0 Å². The van der Waals surface area contributed by atoms with E-state index in [4.69, 9.17) is 0 Å². The Hall–Kier alpha value is -2.28. The lowest BCUT2D eigenvalue weighted by atomic mass is 10.2. The Balaban J connectivity index is 0.00000256. The zero-order valence-corrected chi connectivity index (χ0v) is 19.8. The molecule has 0 aliphatic heterocycles. The second-order valence-electron chi connectivity index (χ2n) is 7.38. The number of nitrogens with zero attached hydrogens (tertiary/aromatic N) is 1. The van der Waals surface area contributed by atoms with Gasteiger partial charge in [-0.15, -0.1) is 0 Å². The van der Waals surface area contributed by atoms with Gasteiger partial charge in [0.25, 0.3) is 0 Å². The van der Waals surface area contributed by atoms with Gasteiger partial charge in [-0.25, -0.2) is 0 Å². The minimum absolute atomic E-state index is 0. The van der Waals surface area contributed by atoms with Crippen LogP contribution in [-0.4, -0.2) is 4.98 Å². The minimum Gasteiger partial charge on any atom is -1.00 e. The van der Waals surface area contributed by atoms with E-state index in [0.29, 0.717) is 0 Å². The van der Waals surface area contributed by atoms with Gasteiger partial charge in [-0.05, 0) is 60.5 Å². The van der Waals surface area contributed by atoms with Gasteiger partial charge in [0.05, 0.1) is 6.16 Å². The fourth-order valence-electron chi connectivity index (χ4n) is 4.06. The number of rotatable bonds is 7. The van der Waals surface area contributed by atoms with Crippen molar-refractivity contribution in [1.29, 1.82) is 0 Å². The molecule has 0 atom stereocenters. The summed E-state index contributed by atoms with van der Waals surface area (Å²) in [6.45, 7) is 2.21. The molecule has 0 bridgehead atoms. The number of halogens is 1. The molecule has 3 aromatic carbocycles. The number of benzene rings is 3. The standard InChI is InChI=1S/C27H27NP.BrH/c1-2-12-24-21-23(19-20-28-24)22-29(25-13-6-3-7-14-25,26-15-8-4-9-16-26)27-17-10-5-11-18-27;/h3-11,13-21H,2,12,22H2,1H3;1H/q+1;/p-1. The van der Waals surface area contributed by atoms with E-state index in [9.17, 15) is 0 Å². The van der Waals surface area contributed by atoms with E-state index in [1.165, 1.54) is 27.2 Å². The Morgan fingerprint density at radius 3 is 1.57 bits per heavy atom. The Labute approximate surface area is 191 Å². The number of aromatic nitrogens is 1. The first-order chi connectivity index (χ1) is 14.3. The largest absolute Gasteiger partial charge is 1.00 e. The summed E-state index contributed by atoms with van der Waals surface area (Å²) in [6, 6.07) is 37.7. The SMILES string of the molecule is CCCc1cc(C[P+](c2ccccc2)(c2ccccc2)c2ccccc2)ccn1.[Br-]. The van der Waals surface area contributed by atoms with Crippen LogP contribution in [-0.2, 0) is 12.6 Å². The van der Waals surface area contributed by atoms with E-state index in [1.807, 2.05) is 6.20 Å². The third-order valence-electron chi connectivity index (χ3n) is 5.40. The monoisotopic (exact) mass is 475 g/mol. The summed E-state index contributed by atoms with van der Waals surface area (Å²) in [5, 5.41) is 4.27. The molecule has 1 nitrogen and oxygen atoms in total. The van der Waals surface area contributed by atoms with E-state index < -0.39 is 7.26 Å². The maximum atomic E-state index is 4.59. The minimum atomic E-state index is -1.84. The second kappa shape index (κ2) is 10.7. The molecule has 4 aromatic rings. The number of hydrogen-bond donors (Lipinski definition) is 0. The maximum absolute atomic E-state index is 4.59. The second-order valence-corrected chi connectivity index (χ2v) is 10.9. The Kier molecular flexibility index (Phi) is 7.96. The summed E-state index contributed by atoms with van der Waals surface area (Å²) in [6.07, 6.45) is 5.13. The Morgan fingerprint density at radius 2 is 1.13 bits per heavy atom. The highest BCUT2D eigenvalue weighted by Gasteiger charge is 2.45. The van der Waals surface area contributed by atoms with Crippen LogP contribution in [0.1, 0.15) is 24.6 Å². The average molecular weight is 476 g/mol. The van der Waals surface area contributed by atoms with E-state index in [0.717, 1.165) is 19.0 Å². The summed E-state index contributed by atoms with van der Waals surface area (Å²) in [5.41, 5.74) is 2.56. The van der Waals surface area contributed by atoms with Gasteiger partial charge in [0, 0.05) is 11.9 Å². The van der Waals surface area contributed by atoms with Crippen LogP contribution in [0.4, 0.5) is 0 Å². The molecule has 1 heterocycles. The van der Waals surface area contributed by atoms with Gasteiger partial charge in [0.15, 0.2) is 0 Å². The highest BCUT2D eigenvalue weighted by Crippen LogP contribution is 2.58. The quantitative estimate of drug-likeness (QED) is 0.374. The van der Waals surface area contributed by atoms with Crippen LogP contribution in [0.15, 0.2) is 109 Å². The van der Waals surface area contributed by atoms with Crippen LogP contribution < -0.4 is 32.9 Å². The molecule has 0 radical (unpaired) electrons. The first-order valence-electron chi connectivity index (χ1n) is 10.3. The summed E-state index contributed by atoms with van der Waals surface area (Å²) in [4.78, 5) is 4.59. The van der Waals surface area contributed by atoms with Crippen molar-refractivity contribution in [2.45, 2.75) is 25.9 Å². The van der Waals surface area contributed by atoms with Crippen LogP contribution in [0.3, 0.4) is 0 Å². The molecule has 3 heteroatoms. The van der Waals surface area contributed by atoms with Gasteiger partial charge in [-0.3, -0.25) is 4.98 Å². The molecular formula is C27H27BrNP. The average Bonchev–Trinajstić information content (AvgIpc) is 2.80. The molecule has 0 saturated carbocycles. The Morgan fingerprint density at radius 1 is 0.667 bits per heavy atom. The Bertz CT molecular complexity index is 939. The van der Waals surface area contributed by atoms with Crippen molar-refractivity contribution in [1.82, 2.24) is 4.98 Å². The van der Waals surface area contributed by atoms with Crippen LogP contribution in [0.2, 0.25) is 0 Å². The molecule has 0 aliphatic carbocycles. The zero-order chi connectivity index (χ0) is 19.9. The molecule has 0 unspecified atom stereocenters. The highest BCUT2D eigenvalue weighted by molar-refractivity contribution is 7.95. The zero-order valence-electron chi connectivity index (χ0n) is 17.3. The predicted molar refractivity (Wildman–Crippen MR) is 127 cm³/mol. The first-order valence-corrected chi connectivity index (χ1v) is 12.3. The van der Waals surface area contributed by atoms with Crippen LogP contribution in [0.25, 0.3) is 0 Å². The van der Waals surface area contributed by atoms with Crippen molar-refractivity contribution in [2.75, 3.05) is 0 Å². The maximum Gasteiger partial charge on any atom is 0.116 e. The summed E-state index contributed by atoms with van der Waals surface area (Å²) >= 11 is 0. The topological polar surface area (TPSA) is 12.9 Å². The third kappa shape index (κ3) is 4.72. The van der Waals surface area contributed by atoms with Gasteiger partial charge in [-0.2, -0.15) is 0 Å². The summed E-state index contributed by atoms with van der Waals surface area (Å²) in [5.74, 6) is 0. The molecule has 30 heavy (non-hydrogen) atoms. The third-order valence-corrected chi connectivity index (χ3v) is 9.78. The van der Waals surface area contributed by atoms with Crippen LogP contribution >= 0.6 is 7.26 Å². The van der Waals surface area contributed by atoms with Crippen LogP contribution in [0, 0.1) is 0 Å². The van der Waals surface area contributed by atoms with Crippen molar-refractivity contribution in [3.63, 3.8) is 0 Å². The van der Waals surface area contributed by atoms with Crippen molar-refractivity contribution >= 4 is 23.2 Å². The van der Waals surface area contributed by atoms with Gasteiger partial charge < -0.3 is 17.0 Å². The summed E-state index contributed by atoms with van der Waals surface area (Å²) in [7, 11) is -1.84. The lowest BCUT2D eigenvalue weighted by Crippen LogP contribution is -3.00. The van der Waals surface area contributed by atoms with Crippen molar-refractivity contribution in [3.05, 3.63) is 121 Å². The molecule has 0 amide bonds. The van der Waals surface area contributed by atoms with Crippen molar-refractivity contribution < 1.29 is 17.0 Å². The van der Waals surface area contributed by atoms with Gasteiger partial charge in [0.1, 0.15) is 23.2 Å². The van der Waals surface area contributed by atoms with E-state index in [1.54, 1.807) is 0 Å². The predicted octanol–water partition coefficient (Wildman–Crippen LogP) is 2.53. The number of aryl methyl sites for hydroxylation is 1. The van der Waals surface area contributed by atoms with Crippen molar-refractivity contribution in [2.24, 2.45) is 0 Å². The summed E-state index contributed by atoms with van der Waals surface area (Å²) < 4.78 is 0.